The van der Waals surface area contributed by atoms with Crippen LogP contribution in [0.2, 0.25) is 0 Å². The van der Waals surface area contributed by atoms with Crippen molar-refractivity contribution in [1.29, 1.82) is 0 Å². The van der Waals surface area contributed by atoms with E-state index in [2.05, 4.69) is 10.3 Å². The number of nitrogens with zero attached hydrogens (tertiary/aromatic N) is 1. The summed E-state index contributed by atoms with van der Waals surface area (Å²) in [4.78, 5) is 27.8. The molecule has 0 saturated heterocycles. The number of aromatic nitrogens is 1. The van der Waals surface area contributed by atoms with Gasteiger partial charge in [-0.25, -0.2) is 9.78 Å². The molecule has 0 radical (unpaired) electrons. The molecule has 1 heterocycles. The Morgan fingerprint density at radius 2 is 1.85 bits per heavy atom. The average molecular weight is 353 g/mol. The van der Waals surface area contributed by atoms with E-state index in [0.29, 0.717) is 17.4 Å². The van der Waals surface area contributed by atoms with E-state index in [1.165, 1.54) is 31.2 Å². The molecule has 1 aliphatic carbocycles. The van der Waals surface area contributed by atoms with Crippen molar-refractivity contribution < 1.29 is 14.7 Å². The fourth-order valence-corrected chi connectivity index (χ4v) is 3.51. The number of benzene rings is 1. The van der Waals surface area contributed by atoms with Crippen molar-refractivity contribution in [2.45, 2.75) is 38.0 Å². The molecule has 1 amide bonds. The van der Waals surface area contributed by atoms with Gasteiger partial charge in [0.2, 0.25) is 5.91 Å². The summed E-state index contributed by atoms with van der Waals surface area (Å²) >= 11 is 0. The molecule has 1 fully saturated rings. The first-order valence-corrected chi connectivity index (χ1v) is 8.88. The van der Waals surface area contributed by atoms with Crippen LogP contribution >= 0.6 is 0 Å². The van der Waals surface area contributed by atoms with Crippen LogP contribution in [0.15, 0.2) is 42.6 Å². The van der Waals surface area contributed by atoms with E-state index in [1.54, 1.807) is 0 Å². The van der Waals surface area contributed by atoms with Gasteiger partial charge in [-0.2, -0.15) is 0 Å². The number of aromatic carboxylic acids is 1. The second-order valence-electron chi connectivity index (χ2n) is 6.83. The van der Waals surface area contributed by atoms with Crippen LogP contribution in [-0.2, 0) is 4.79 Å². The van der Waals surface area contributed by atoms with Gasteiger partial charge in [0.25, 0.3) is 0 Å². The molecule has 1 aromatic heterocycles. The molecule has 4 N–H and O–H groups in total. The fraction of sp³-hybridized carbons (Fsp3) is 0.350. The Bertz CT molecular complexity index is 766. The predicted octanol–water partition coefficient (Wildman–Crippen LogP) is 3.66. The van der Waals surface area contributed by atoms with Crippen molar-refractivity contribution in [3.05, 3.63) is 53.7 Å². The molecule has 1 atom stereocenters. The molecule has 1 saturated carbocycles. The third-order valence-electron chi connectivity index (χ3n) is 4.96. The van der Waals surface area contributed by atoms with Crippen LogP contribution in [0.25, 0.3) is 0 Å². The summed E-state index contributed by atoms with van der Waals surface area (Å²) in [7, 11) is 0. The Morgan fingerprint density at radius 1 is 1.15 bits per heavy atom. The number of nitrogens with one attached hydrogen (secondary N) is 1. The fourth-order valence-electron chi connectivity index (χ4n) is 3.51. The lowest BCUT2D eigenvalue weighted by molar-refractivity contribution is -0.118. The standard InChI is InChI=1S/C20H23N3O3/c21-16-8-5-14(6-9-16)17(11-13-3-1-2-4-13)19(24)23-18-10-7-15(12-22-18)20(25)26/h5-10,12-13,17H,1-4,11,21H2,(H,25,26)(H,22,23,24). The van der Waals surface area contributed by atoms with E-state index in [1.807, 2.05) is 24.3 Å². The number of amides is 1. The van der Waals surface area contributed by atoms with Crippen LogP contribution in [0.1, 0.15) is 53.9 Å². The maximum absolute atomic E-state index is 12.9. The monoisotopic (exact) mass is 353 g/mol. The topological polar surface area (TPSA) is 105 Å². The second-order valence-corrected chi connectivity index (χ2v) is 6.83. The SMILES string of the molecule is Nc1ccc(C(CC2CCCC2)C(=O)Nc2ccc(C(=O)O)cn2)cc1. The summed E-state index contributed by atoms with van der Waals surface area (Å²) in [5, 5.41) is 11.8. The van der Waals surface area contributed by atoms with Gasteiger partial charge in [0, 0.05) is 11.9 Å². The van der Waals surface area contributed by atoms with Gasteiger partial charge in [0.15, 0.2) is 0 Å². The number of nitrogen functional groups attached to an aromatic ring is 1. The van der Waals surface area contributed by atoms with Gasteiger partial charge < -0.3 is 16.2 Å². The van der Waals surface area contributed by atoms with Gasteiger partial charge >= 0.3 is 5.97 Å². The molecule has 1 aliphatic rings. The van der Waals surface area contributed by atoms with Gasteiger partial charge in [-0.05, 0) is 42.2 Å². The molecule has 6 heteroatoms. The molecule has 1 aromatic carbocycles. The number of hydrogen-bond donors (Lipinski definition) is 3. The Kier molecular flexibility index (Phi) is 5.51. The third-order valence-corrected chi connectivity index (χ3v) is 4.96. The number of rotatable bonds is 6. The van der Waals surface area contributed by atoms with Crippen molar-refractivity contribution in [1.82, 2.24) is 4.98 Å². The van der Waals surface area contributed by atoms with Gasteiger partial charge in [0.05, 0.1) is 11.5 Å². The van der Waals surface area contributed by atoms with Crippen LogP contribution in [-0.4, -0.2) is 22.0 Å². The minimum Gasteiger partial charge on any atom is -0.478 e. The molecular formula is C20H23N3O3. The van der Waals surface area contributed by atoms with Crippen molar-refractivity contribution in [3.8, 4) is 0 Å². The van der Waals surface area contributed by atoms with Crippen molar-refractivity contribution in [2.24, 2.45) is 5.92 Å². The number of carbonyl (C=O) groups is 2. The first-order chi connectivity index (χ1) is 12.5. The Labute approximate surface area is 152 Å². The Hall–Kier alpha value is -2.89. The number of carboxylic acid groups (broad SMARTS) is 1. The summed E-state index contributed by atoms with van der Waals surface area (Å²) in [6.45, 7) is 0. The highest BCUT2D eigenvalue weighted by molar-refractivity contribution is 5.95. The van der Waals surface area contributed by atoms with Gasteiger partial charge in [-0.15, -0.1) is 0 Å². The van der Waals surface area contributed by atoms with E-state index in [9.17, 15) is 9.59 Å². The van der Waals surface area contributed by atoms with Crippen LogP contribution in [0.4, 0.5) is 11.5 Å². The van der Waals surface area contributed by atoms with E-state index in [-0.39, 0.29) is 17.4 Å². The van der Waals surface area contributed by atoms with E-state index >= 15 is 0 Å². The maximum Gasteiger partial charge on any atom is 0.337 e. The Balaban J connectivity index is 1.76. The van der Waals surface area contributed by atoms with Crippen molar-refractivity contribution in [2.75, 3.05) is 11.1 Å². The third kappa shape index (κ3) is 4.39. The quantitative estimate of drug-likeness (QED) is 0.687. The summed E-state index contributed by atoms with van der Waals surface area (Å²) in [6, 6.07) is 10.4. The lowest BCUT2D eigenvalue weighted by atomic mass is 9.87. The number of carbonyl (C=O) groups excluding carboxylic acids is 1. The van der Waals surface area contributed by atoms with Gasteiger partial charge in [-0.1, -0.05) is 37.8 Å². The zero-order chi connectivity index (χ0) is 18.5. The van der Waals surface area contributed by atoms with Crippen LogP contribution < -0.4 is 11.1 Å². The first kappa shape index (κ1) is 17.9. The molecule has 136 valence electrons. The maximum atomic E-state index is 12.9. The molecular weight excluding hydrogens is 330 g/mol. The number of nitrogens with two attached hydrogens (primary N) is 1. The van der Waals surface area contributed by atoms with Gasteiger partial charge in [-0.3, -0.25) is 4.79 Å². The summed E-state index contributed by atoms with van der Waals surface area (Å²) in [5.41, 5.74) is 7.46. The van der Waals surface area contributed by atoms with Crippen molar-refractivity contribution >= 4 is 23.4 Å². The minimum atomic E-state index is -1.05. The largest absolute Gasteiger partial charge is 0.478 e. The van der Waals surface area contributed by atoms with E-state index in [4.69, 9.17) is 10.8 Å². The Morgan fingerprint density at radius 3 is 2.42 bits per heavy atom. The van der Waals surface area contributed by atoms with Crippen molar-refractivity contribution in [3.63, 3.8) is 0 Å². The van der Waals surface area contributed by atoms with E-state index < -0.39 is 5.97 Å². The lowest BCUT2D eigenvalue weighted by Crippen LogP contribution is -2.23. The summed E-state index contributed by atoms with van der Waals surface area (Å²) in [6.07, 6.45) is 6.79. The van der Waals surface area contributed by atoms with Crippen LogP contribution in [0.3, 0.4) is 0 Å². The summed E-state index contributed by atoms with van der Waals surface area (Å²) in [5.74, 6) is -0.550. The molecule has 1 unspecified atom stereocenters. The molecule has 0 bridgehead atoms. The molecule has 0 aliphatic heterocycles. The van der Waals surface area contributed by atoms with Crippen LogP contribution in [0, 0.1) is 5.92 Å². The number of anilines is 2. The molecule has 2 aromatic rings. The number of pyridine rings is 1. The lowest BCUT2D eigenvalue weighted by Gasteiger charge is -2.20. The highest BCUT2D eigenvalue weighted by Crippen LogP contribution is 2.35. The number of carboxylic acids is 1. The van der Waals surface area contributed by atoms with Gasteiger partial charge in [0.1, 0.15) is 5.82 Å². The molecule has 26 heavy (non-hydrogen) atoms. The summed E-state index contributed by atoms with van der Waals surface area (Å²) < 4.78 is 0. The van der Waals surface area contributed by atoms with E-state index in [0.717, 1.165) is 24.8 Å². The zero-order valence-corrected chi connectivity index (χ0v) is 14.5. The average Bonchev–Trinajstić information content (AvgIpc) is 3.14. The highest BCUT2D eigenvalue weighted by atomic mass is 16.4. The first-order valence-electron chi connectivity index (χ1n) is 8.88. The molecule has 0 spiro atoms. The zero-order valence-electron chi connectivity index (χ0n) is 14.5. The van der Waals surface area contributed by atoms with Crippen LogP contribution in [0.5, 0.6) is 0 Å². The highest BCUT2D eigenvalue weighted by Gasteiger charge is 2.27. The second kappa shape index (κ2) is 7.99. The smallest absolute Gasteiger partial charge is 0.337 e. The molecule has 6 nitrogen and oxygen atoms in total. The molecule has 3 rings (SSSR count). The normalized spacial score (nSPS) is 15.5. The predicted molar refractivity (Wildman–Crippen MR) is 100.0 cm³/mol. The number of hydrogen-bond acceptors (Lipinski definition) is 4. The minimum absolute atomic E-state index is 0.0871.